The molecule has 3 aliphatic rings. The number of rotatable bonds is 2. The quantitative estimate of drug-likeness (QED) is 0.763. The highest BCUT2D eigenvalue weighted by Crippen LogP contribution is 2.54. The van der Waals surface area contributed by atoms with Crippen molar-refractivity contribution in [3.05, 3.63) is 52.2 Å². The van der Waals surface area contributed by atoms with Gasteiger partial charge in [-0.25, -0.2) is 0 Å². The van der Waals surface area contributed by atoms with E-state index in [2.05, 4.69) is 16.0 Å². The van der Waals surface area contributed by atoms with E-state index in [1.807, 2.05) is 12.1 Å². The van der Waals surface area contributed by atoms with Crippen LogP contribution in [0.15, 0.2) is 35.4 Å². The molecular weight excluding hydrogens is 320 g/mol. The van der Waals surface area contributed by atoms with Gasteiger partial charge in [0.2, 0.25) is 0 Å². The molecule has 1 N–H and O–H groups in total. The van der Waals surface area contributed by atoms with Gasteiger partial charge in [0.05, 0.1) is 5.69 Å². The number of ether oxygens (including phenoxy) is 1. The van der Waals surface area contributed by atoms with Crippen molar-refractivity contribution in [3.8, 4) is 10.4 Å². The Kier molecular flexibility index (Phi) is 3.00. The van der Waals surface area contributed by atoms with Gasteiger partial charge >= 0.3 is 0 Å². The lowest BCUT2D eigenvalue weighted by molar-refractivity contribution is -0.0631. The molecule has 0 unspecified atom stereocenters. The normalized spacial score (nSPS) is 25.1. The molecule has 3 aromatic heterocycles. The Labute approximate surface area is 143 Å². The molecular formula is C19H18N2O2S. The lowest BCUT2D eigenvalue weighted by Gasteiger charge is -2.46. The van der Waals surface area contributed by atoms with Crippen LogP contribution in [0.1, 0.15) is 42.9 Å². The van der Waals surface area contributed by atoms with Gasteiger partial charge in [-0.3, -0.25) is 9.78 Å². The molecule has 0 aromatic carbocycles. The molecule has 0 radical (unpaired) electrons. The maximum Gasteiger partial charge on any atom is 0.266 e. The zero-order valence-corrected chi connectivity index (χ0v) is 14.3. The van der Waals surface area contributed by atoms with Crippen molar-refractivity contribution in [2.24, 2.45) is 0 Å². The predicted octanol–water partition coefficient (Wildman–Crippen LogP) is 4.16. The van der Waals surface area contributed by atoms with E-state index < -0.39 is 0 Å². The number of H-pyrrole nitrogens is 1. The predicted molar refractivity (Wildman–Crippen MR) is 95.6 cm³/mol. The Morgan fingerprint density at radius 2 is 2.04 bits per heavy atom. The summed E-state index contributed by atoms with van der Waals surface area (Å²) in [7, 11) is 1.77. The molecule has 2 bridgehead atoms. The van der Waals surface area contributed by atoms with E-state index >= 15 is 0 Å². The van der Waals surface area contributed by atoms with E-state index in [4.69, 9.17) is 4.74 Å². The summed E-state index contributed by atoms with van der Waals surface area (Å²) in [6, 6.07) is 6.18. The number of nitrogens with one attached hydrogen (secondary N) is 1. The fourth-order valence-electron chi connectivity index (χ4n) is 4.50. The summed E-state index contributed by atoms with van der Waals surface area (Å²) in [6.07, 6.45) is 7.88. The van der Waals surface area contributed by atoms with Crippen molar-refractivity contribution in [3.63, 3.8) is 0 Å². The van der Waals surface area contributed by atoms with Crippen molar-refractivity contribution >= 4 is 21.4 Å². The molecule has 0 aliphatic heterocycles. The third-order valence-corrected chi connectivity index (χ3v) is 6.93. The minimum atomic E-state index is -0.295. The largest absolute Gasteiger partial charge is 0.372 e. The summed E-state index contributed by atoms with van der Waals surface area (Å²) < 4.78 is 6.75. The number of methoxy groups -OCH3 is 1. The van der Waals surface area contributed by atoms with Gasteiger partial charge in [-0.2, -0.15) is 0 Å². The third kappa shape index (κ3) is 1.82. The Bertz CT molecular complexity index is 982. The van der Waals surface area contributed by atoms with Crippen molar-refractivity contribution in [1.82, 2.24) is 9.97 Å². The first kappa shape index (κ1) is 14.4. The van der Waals surface area contributed by atoms with Crippen LogP contribution in [-0.2, 0) is 10.3 Å². The van der Waals surface area contributed by atoms with Crippen LogP contribution in [0.3, 0.4) is 0 Å². The molecule has 3 heterocycles. The Morgan fingerprint density at radius 3 is 2.75 bits per heavy atom. The maximum atomic E-state index is 12.7. The van der Waals surface area contributed by atoms with Crippen LogP contribution in [0.4, 0.5) is 0 Å². The van der Waals surface area contributed by atoms with Crippen molar-refractivity contribution in [2.75, 3.05) is 7.11 Å². The van der Waals surface area contributed by atoms with Gasteiger partial charge < -0.3 is 9.72 Å². The first-order valence-electron chi connectivity index (χ1n) is 8.37. The fraction of sp³-hybridized carbons (Fsp3) is 0.368. The number of hydrogen-bond donors (Lipinski definition) is 1. The number of pyridine rings is 2. The maximum absolute atomic E-state index is 12.7. The van der Waals surface area contributed by atoms with Gasteiger partial charge in [0, 0.05) is 29.8 Å². The molecule has 3 aliphatic carbocycles. The Hall–Kier alpha value is -1.98. The second-order valence-corrected chi connectivity index (χ2v) is 7.86. The lowest BCUT2D eigenvalue weighted by Crippen LogP contribution is -2.41. The number of nitrogens with zero attached hydrogens (tertiary/aromatic N) is 1. The van der Waals surface area contributed by atoms with Crippen LogP contribution in [0, 0.1) is 0 Å². The van der Waals surface area contributed by atoms with Gasteiger partial charge in [0.25, 0.3) is 5.56 Å². The fourth-order valence-corrected chi connectivity index (χ4v) is 5.58. The van der Waals surface area contributed by atoms with E-state index in [0.29, 0.717) is 5.92 Å². The van der Waals surface area contributed by atoms with Gasteiger partial charge in [-0.05, 0) is 60.9 Å². The Balaban J connectivity index is 1.82. The monoisotopic (exact) mass is 338 g/mol. The SMILES string of the molecule is COC12CCC(CC1)c1c2[nH]c(=O)c2sc(-c3ccncc3)cc12. The molecule has 0 spiro atoms. The molecule has 0 saturated heterocycles. The second kappa shape index (κ2) is 5.01. The minimum Gasteiger partial charge on any atom is -0.372 e. The first-order chi connectivity index (χ1) is 11.7. The summed E-state index contributed by atoms with van der Waals surface area (Å²) >= 11 is 1.57. The summed E-state index contributed by atoms with van der Waals surface area (Å²) in [5.41, 5.74) is 3.18. The van der Waals surface area contributed by atoms with Crippen LogP contribution in [0.2, 0.25) is 0 Å². The average molecular weight is 338 g/mol. The standard InChI is InChI=1S/C19H18N2O2S/c1-23-19-6-2-12(3-7-19)15-13-10-14(11-4-8-20-9-5-11)24-16(13)18(22)21-17(15)19/h4-5,8-10,12H,2-3,6-7H2,1H3,(H,21,22). The van der Waals surface area contributed by atoms with E-state index in [1.165, 1.54) is 5.56 Å². The molecule has 1 fully saturated rings. The molecule has 122 valence electrons. The van der Waals surface area contributed by atoms with Gasteiger partial charge in [-0.15, -0.1) is 11.3 Å². The van der Waals surface area contributed by atoms with E-state index in [9.17, 15) is 4.79 Å². The summed E-state index contributed by atoms with van der Waals surface area (Å²) in [5, 5.41) is 1.12. The molecule has 3 aromatic rings. The highest BCUT2D eigenvalue weighted by Gasteiger charge is 2.47. The summed E-state index contributed by atoms with van der Waals surface area (Å²) in [6.45, 7) is 0. The van der Waals surface area contributed by atoms with Gasteiger partial charge in [0.15, 0.2) is 0 Å². The van der Waals surface area contributed by atoms with E-state index in [-0.39, 0.29) is 11.2 Å². The Morgan fingerprint density at radius 1 is 1.29 bits per heavy atom. The van der Waals surface area contributed by atoms with E-state index in [1.54, 1.807) is 30.8 Å². The highest BCUT2D eigenvalue weighted by molar-refractivity contribution is 7.22. The van der Waals surface area contributed by atoms with Crippen LogP contribution < -0.4 is 5.56 Å². The van der Waals surface area contributed by atoms with E-state index in [0.717, 1.165) is 51.9 Å². The number of fused-ring (bicyclic) bond motifs is 3. The zero-order chi connectivity index (χ0) is 16.3. The number of aromatic nitrogens is 2. The smallest absolute Gasteiger partial charge is 0.266 e. The third-order valence-electron chi connectivity index (χ3n) is 5.75. The van der Waals surface area contributed by atoms with Crippen molar-refractivity contribution in [2.45, 2.75) is 37.2 Å². The molecule has 4 nitrogen and oxygen atoms in total. The topological polar surface area (TPSA) is 55.0 Å². The van der Waals surface area contributed by atoms with Crippen LogP contribution in [0.5, 0.6) is 0 Å². The molecule has 24 heavy (non-hydrogen) atoms. The minimum absolute atomic E-state index is 0.0121. The van der Waals surface area contributed by atoms with Crippen molar-refractivity contribution < 1.29 is 4.74 Å². The van der Waals surface area contributed by atoms with Crippen LogP contribution in [0.25, 0.3) is 20.5 Å². The second-order valence-electron chi connectivity index (χ2n) is 6.80. The molecule has 0 amide bonds. The van der Waals surface area contributed by atoms with Crippen LogP contribution in [-0.4, -0.2) is 17.1 Å². The molecule has 6 rings (SSSR count). The van der Waals surface area contributed by atoms with Gasteiger partial charge in [0.1, 0.15) is 10.3 Å². The number of thiophene rings is 1. The van der Waals surface area contributed by atoms with Crippen molar-refractivity contribution in [1.29, 1.82) is 0 Å². The molecule has 1 saturated carbocycles. The molecule has 0 atom stereocenters. The average Bonchev–Trinajstić information content (AvgIpc) is 3.10. The zero-order valence-electron chi connectivity index (χ0n) is 13.5. The number of aromatic amines is 1. The number of hydrogen-bond acceptors (Lipinski definition) is 4. The summed E-state index contributed by atoms with van der Waals surface area (Å²) in [4.78, 5) is 21.1. The van der Waals surface area contributed by atoms with Crippen LogP contribution >= 0.6 is 11.3 Å². The highest BCUT2D eigenvalue weighted by atomic mass is 32.1. The first-order valence-corrected chi connectivity index (χ1v) is 9.19. The summed E-state index contributed by atoms with van der Waals surface area (Å²) in [5.74, 6) is 0.538. The lowest BCUT2D eigenvalue weighted by atomic mass is 9.65. The van der Waals surface area contributed by atoms with Gasteiger partial charge in [-0.1, -0.05) is 0 Å². The molecule has 5 heteroatoms.